The summed E-state index contributed by atoms with van der Waals surface area (Å²) in [5, 5.41) is 37.5. The van der Waals surface area contributed by atoms with Gasteiger partial charge in [-0.1, -0.05) is 0 Å². The van der Waals surface area contributed by atoms with Crippen molar-refractivity contribution >= 4 is 0 Å². The Morgan fingerprint density at radius 3 is 0.333 bits per heavy atom. The van der Waals surface area contributed by atoms with E-state index < -0.39 is 0 Å². The fraction of sp³-hybridized carbons (Fsp3) is 0. The summed E-state index contributed by atoms with van der Waals surface area (Å²) in [7, 11) is 0. The van der Waals surface area contributed by atoms with Crippen LogP contribution in [0.3, 0.4) is 0 Å². The maximum Gasteiger partial charge on any atom is 4.00 e. The van der Waals surface area contributed by atoms with Gasteiger partial charge in [0.05, 0.1) is 0 Å². The summed E-state index contributed by atoms with van der Waals surface area (Å²) >= 11 is 0. The van der Waals surface area contributed by atoms with Crippen LogP contribution in [0.1, 0.15) is 0 Å². The predicted octanol–water partition coefficient (Wildman–Crippen LogP) is -5.42. The van der Waals surface area contributed by atoms with Gasteiger partial charge in [-0.15, -0.1) is 0 Å². The molecule has 0 N–H and O–H groups in total. The second-order valence-electron chi connectivity index (χ2n) is 0. The van der Waals surface area contributed by atoms with Gasteiger partial charge < -0.3 is 71.0 Å². The summed E-state index contributed by atoms with van der Waals surface area (Å²) in [4.78, 5) is 0. The molecule has 64 valence electrons. The Balaban J connectivity index is -0.00000000396. The average Bonchev–Trinajstić information content (AvgIpc) is 2.33. The molecule has 9 heteroatoms. The third kappa shape index (κ3) is 9510. The van der Waals surface area contributed by atoms with E-state index in [1.54, 1.807) is 0 Å². The minimum absolute atomic E-state index is 0. The van der Waals surface area contributed by atoms with Crippen LogP contribution in [0.2, 0.25) is 0 Å². The van der Waals surface area contributed by atoms with Crippen LogP contribution in [0, 0.1) is 71.0 Å². The molecule has 0 aliphatic heterocycles. The zero-order valence-corrected chi connectivity index (χ0v) is 13.8. The molecule has 0 fully saturated rings. The summed E-state index contributed by atoms with van der Waals surface area (Å²) in [6, 6.07) is 0. The topological polar surface area (TPSA) is 143 Å². The van der Waals surface area contributed by atoms with Crippen molar-refractivity contribution in [1.29, 1.82) is 31.6 Å². The van der Waals surface area contributed by atoms with Gasteiger partial charge in [0.2, 0.25) is 0 Å². The van der Waals surface area contributed by atoms with Crippen molar-refractivity contribution in [3.63, 3.8) is 0 Å². The Bertz CT molecular complexity index is 101. The maximum absolute atomic E-state index is 6.25. The van der Waals surface area contributed by atoms with Crippen LogP contribution in [0.5, 0.6) is 0 Å². The van der Waals surface area contributed by atoms with E-state index in [4.69, 9.17) is 71.0 Å². The first kappa shape index (κ1) is 86.6. The normalized spacial score (nSPS) is 0.800. The van der Waals surface area contributed by atoms with Gasteiger partial charge in [0, 0.05) is 0 Å². The van der Waals surface area contributed by atoms with E-state index in [0.29, 0.717) is 0 Å². The first-order chi connectivity index (χ1) is 6.00. The zero-order valence-electron chi connectivity index (χ0n) is 8.04. The molecule has 0 spiro atoms. The second kappa shape index (κ2) is 11200. The molecule has 0 amide bonds. The number of hydrogen-bond acceptors (Lipinski definition) is 6. The third-order valence-electron chi connectivity index (χ3n) is 0. The number of rotatable bonds is 0. The van der Waals surface area contributed by atoms with Gasteiger partial charge in [-0.25, -0.2) is 0 Å². The van der Waals surface area contributed by atoms with Crippen molar-refractivity contribution in [2.45, 2.75) is 0 Å². The zero-order chi connectivity index (χ0) is 12.0. The van der Waals surface area contributed by atoms with Crippen LogP contribution in [0.25, 0.3) is 0 Å². The second-order valence-corrected chi connectivity index (χ2v) is 0. The first-order valence-corrected chi connectivity index (χ1v) is 1.34. The molecule has 0 rings (SSSR count). The first-order valence-electron chi connectivity index (χ1n) is 1.34. The van der Waals surface area contributed by atoms with Gasteiger partial charge in [-0.05, 0) is 0 Å². The maximum atomic E-state index is 6.25. The van der Waals surface area contributed by atoms with Crippen molar-refractivity contribution in [3.05, 3.63) is 39.4 Å². The molecule has 0 atom stereocenters. The number of nitrogens with zero attached hydrogens (tertiary/aromatic N) is 6. The van der Waals surface area contributed by atoms with Crippen molar-refractivity contribution < 1.29 is 78.6 Å². The van der Waals surface area contributed by atoms with E-state index in [0.717, 1.165) is 0 Å². The third-order valence-corrected chi connectivity index (χ3v) is 0. The SMILES string of the molecule is [C-]#N.[C-]#N.[C-]#N.[C-]#N.[C-]#N.[C-]#N.[Na+].[Na+].[Ru+4]. The summed E-state index contributed by atoms with van der Waals surface area (Å²) in [5.41, 5.74) is 0. The summed E-state index contributed by atoms with van der Waals surface area (Å²) in [6.45, 7) is 28.5. The summed E-state index contributed by atoms with van der Waals surface area (Å²) < 4.78 is 0. The van der Waals surface area contributed by atoms with E-state index in [1.807, 2.05) is 0 Å². The minimum Gasteiger partial charge on any atom is -0.512 e. The van der Waals surface area contributed by atoms with Gasteiger partial charge in [0.25, 0.3) is 0 Å². The van der Waals surface area contributed by atoms with Crippen LogP contribution in [-0.2, 0) is 19.5 Å². The number of hydrogen-bond donors (Lipinski definition) is 0. The minimum atomic E-state index is 0. The fourth-order valence-corrected chi connectivity index (χ4v) is 0. The van der Waals surface area contributed by atoms with E-state index >= 15 is 0 Å². The Morgan fingerprint density at radius 1 is 0.333 bits per heavy atom. The Hall–Kier alpha value is -0.437. The molecular formula is C6N6Na2Ru. The van der Waals surface area contributed by atoms with Crippen LogP contribution in [0.4, 0.5) is 0 Å². The van der Waals surface area contributed by atoms with E-state index in [-0.39, 0.29) is 78.6 Å². The predicted molar refractivity (Wildman–Crippen MR) is 29.8 cm³/mol. The Labute approximate surface area is 148 Å². The van der Waals surface area contributed by atoms with Gasteiger partial charge in [0.15, 0.2) is 0 Å². The molecule has 0 saturated heterocycles. The van der Waals surface area contributed by atoms with E-state index in [2.05, 4.69) is 0 Å². The summed E-state index contributed by atoms with van der Waals surface area (Å²) in [6.07, 6.45) is 0. The molecule has 0 aromatic heterocycles. The van der Waals surface area contributed by atoms with E-state index in [1.165, 1.54) is 0 Å². The molecule has 0 saturated carbocycles. The molecule has 0 aromatic carbocycles. The quantitative estimate of drug-likeness (QED) is 0.323. The molecule has 0 aliphatic carbocycles. The van der Waals surface area contributed by atoms with Gasteiger partial charge in [-0.3, -0.25) is 0 Å². The van der Waals surface area contributed by atoms with Crippen molar-refractivity contribution in [2.24, 2.45) is 0 Å². The van der Waals surface area contributed by atoms with Crippen LogP contribution >= 0.6 is 0 Å². The molecular weight excluding hydrogens is 303 g/mol. The molecule has 0 bridgehead atoms. The molecule has 0 aliphatic rings. The van der Waals surface area contributed by atoms with Gasteiger partial charge in [0.1, 0.15) is 0 Å². The monoisotopic (exact) mass is 304 g/mol. The molecule has 0 unspecified atom stereocenters. The van der Waals surface area contributed by atoms with E-state index in [9.17, 15) is 0 Å². The fourth-order valence-electron chi connectivity index (χ4n) is 0. The molecule has 6 nitrogen and oxygen atoms in total. The van der Waals surface area contributed by atoms with Gasteiger partial charge >= 0.3 is 78.6 Å². The van der Waals surface area contributed by atoms with Gasteiger partial charge in [-0.2, -0.15) is 0 Å². The van der Waals surface area contributed by atoms with Crippen LogP contribution in [-0.4, -0.2) is 0 Å². The smallest absolute Gasteiger partial charge is 0.512 e. The Kier molecular flexibility index (Phi) is 64800. The van der Waals surface area contributed by atoms with Crippen molar-refractivity contribution in [3.8, 4) is 0 Å². The molecule has 0 heterocycles. The summed E-state index contributed by atoms with van der Waals surface area (Å²) in [5.74, 6) is 0. The largest absolute Gasteiger partial charge is 4.00 e. The molecule has 0 aromatic rings. The Morgan fingerprint density at radius 2 is 0.333 bits per heavy atom. The standard InChI is InChI=1S/6CN.2Na.Ru/c6*1-2;;;/q6*-1;2*+1;+4. The average molecular weight is 303 g/mol. The molecule has 0 radical (unpaired) electrons. The molecule has 15 heavy (non-hydrogen) atoms. The van der Waals surface area contributed by atoms with Crippen LogP contribution in [0.15, 0.2) is 0 Å². The van der Waals surface area contributed by atoms with Crippen molar-refractivity contribution in [1.82, 2.24) is 0 Å². The van der Waals surface area contributed by atoms with Crippen LogP contribution < -0.4 is 59.1 Å². The van der Waals surface area contributed by atoms with Crippen molar-refractivity contribution in [2.75, 3.05) is 0 Å².